The first-order valence-electron chi connectivity index (χ1n) is 7.77. The lowest BCUT2D eigenvalue weighted by Gasteiger charge is -2.15. The zero-order valence-corrected chi connectivity index (χ0v) is 13.6. The third-order valence-corrected chi connectivity index (χ3v) is 4.76. The summed E-state index contributed by atoms with van der Waals surface area (Å²) in [5.74, 6) is 0.208. The Kier molecular flexibility index (Phi) is 5.11. The molecule has 1 heterocycles. The van der Waals surface area contributed by atoms with Gasteiger partial charge in [0.1, 0.15) is 18.0 Å². The summed E-state index contributed by atoms with van der Waals surface area (Å²) in [6.45, 7) is 0.378. The van der Waals surface area contributed by atoms with E-state index < -0.39 is 11.9 Å². The van der Waals surface area contributed by atoms with Gasteiger partial charge in [0, 0.05) is 23.4 Å². The van der Waals surface area contributed by atoms with E-state index in [4.69, 9.17) is 11.6 Å². The highest BCUT2D eigenvalue weighted by Gasteiger charge is 2.35. The largest absolute Gasteiger partial charge is 0.393 e. The Morgan fingerprint density at radius 1 is 1.46 bits per heavy atom. The van der Waals surface area contributed by atoms with E-state index in [1.165, 1.54) is 24.5 Å². The van der Waals surface area contributed by atoms with Gasteiger partial charge in [-0.25, -0.2) is 9.37 Å². The highest BCUT2D eigenvalue weighted by Crippen LogP contribution is 2.36. The van der Waals surface area contributed by atoms with Gasteiger partial charge in [0.05, 0.1) is 12.5 Å². The highest BCUT2D eigenvalue weighted by atomic mass is 35.5. The minimum Gasteiger partial charge on any atom is -0.393 e. The number of aromatic nitrogens is 3. The number of nitrogens with one attached hydrogen (secondary N) is 2. The van der Waals surface area contributed by atoms with Crippen LogP contribution in [0.1, 0.15) is 30.1 Å². The number of halogens is 2. The molecule has 1 aliphatic rings. The molecule has 0 bridgehead atoms. The normalized spacial score (nSPS) is 23.4. The average Bonchev–Trinajstić information content (AvgIpc) is 3.17. The minimum absolute atomic E-state index is 0.0345. The third kappa shape index (κ3) is 3.91. The molecule has 3 atom stereocenters. The van der Waals surface area contributed by atoms with Crippen LogP contribution in [-0.4, -0.2) is 38.8 Å². The number of carbonyl (C=O) groups excluding carboxylic acids is 1. The van der Waals surface area contributed by atoms with Crippen molar-refractivity contribution in [3.63, 3.8) is 0 Å². The van der Waals surface area contributed by atoms with Gasteiger partial charge in [0.15, 0.2) is 0 Å². The van der Waals surface area contributed by atoms with Gasteiger partial charge in [-0.15, -0.1) is 0 Å². The van der Waals surface area contributed by atoms with Crippen LogP contribution in [0.2, 0.25) is 5.02 Å². The Balaban J connectivity index is 1.51. The smallest absolute Gasteiger partial charge is 0.224 e. The van der Waals surface area contributed by atoms with E-state index in [-0.39, 0.29) is 29.2 Å². The van der Waals surface area contributed by atoms with Crippen molar-refractivity contribution in [1.82, 2.24) is 20.5 Å². The Hall–Kier alpha value is -1.99. The number of hydrogen-bond donors (Lipinski definition) is 3. The van der Waals surface area contributed by atoms with Crippen molar-refractivity contribution in [2.24, 2.45) is 5.92 Å². The number of H-pyrrole nitrogens is 1. The van der Waals surface area contributed by atoms with Crippen molar-refractivity contribution in [2.45, 2.75) is 31.3 Å². The van der Waals surface area contributed by atoms with E-state index in [1.807, 2.05) is 0 Å². The maximum absolute atomic E-state index is 13.0. The fourth-order valence-electron chi connectivity index (χ4n) is 3.10. The predicted octanol–water partition coefficient (Wildman–Crippen LogP) is 1.81. The summed E-state index contributed by atoms with van der Waals surface area (Å²) in [5, 5.41) is 19.9. The molecule has 1 amide bonds. The van der Waals surface area contributed by atoms with Gasteiger partial charge in [-0.1, -0.05) is 17.7 Å². The first-order valence-corrected chi connectivity index (χ1v) is 8.14. The molecule has 6 nitrogen and oxygen atoms in total. The number of rotatable bonds is 5. The van der Waals surface area contributed by atoms with Crippen LogP contribution in [0.4, 0.5) is 4.39 Å². The van der Waals surface area contributed by atoms with Crippen LogP contribution in [0.25, 0.3) is 0 Å². The fourth-order valence-corrected chi connectivity index (χ4v) is 3.34. The predicted molar refractivity (Wildman–Crippen MR) is 86.0 cm³/mol. The molecule has 2 aromatic rings. The van der Waals surface area contributed by atoms with Crippen LogP contribution in [0.15, 0.2) is 24.5 Å². The number of aromatic amines is 1. The van der Waals surface area contributed by atoms with Crippen LogP contribution in [0.5, 0.6) is 0 Å². The zero-order valence-electron chi connectivity index (χ0n) is 12.9. The van der Waals surface area contributed by atoms with Gasteiger partial charge in [-0.05, 0) is 30.5 Å². The van der Waals surface area contributed by atoms with E-state index in [9.17, 15) is 14.3 Å². The Bertz CT molecular complexity index is 710. The first-order chi connectivity index (χ1) is 11.5. The van der Waals surface area contributed by atoms with Gasteiger partial charge in [0.2, 0.25) is 5.91 Å². The molecule has 1 fully saturated rings. The van der Waals surface area contributed by atoms with E-state index >= 15 is 0 Å². The molecule has 1 aromatic carbocycles. The van der Waals surface area contributed by atoms with Crippen LogP contribution >= 0.6 is 11.6 Å². The van der Waals surface area contributed by atoms with Crippen molar-refractivity contribution in [3.05, 3.63) is 46.8 Å². The second kappa shape index (κ2) is 7.27. The molecule has 1 unspecified atom stereocenters. The molecule has 0 saturated heterocycles. The monoisotopic (exact) mass is 352 g/mol. The first kappa shape index (κ1) is 16.9. The number of carbonyl (C=O) groups is 1. The van der Waals surface area contributed by atoms with Crippen molar-refractivity contribution in [2.75, 3.05) is 6.54 Å². The van der Waals surface area contributed by atoms with Gasteiger partial charge in [-0.2, -0.15) is 5.10 Å². The highest BCUT2D eigenvalue weighted by molar-refractivity contribution is 6.31. The number of hydrogen-bond acceptors (Lipinski definition) is 4. The lowest BCUT2D eigenvalue weighted by atomic mass is 10.0. The molecular formula is C16H18ClFN4O2. The molecule has 24 heavy (non-hydrogen) atoms. The second-order valence-electron chi connectivity index (χ2n) is 6.08. The lowest BCUT2D eigenvalue weighted by Crippen LogP contribution is -2.33. The summed E-state index contributed by atoms with van der Waals surface area (Å²) in [6.07, 6.45) is 2.36. The summed E-state index contributed by atoms with van der Waals surface area (Å²) in [6, 6.07) is 3.96. The Morgan fingerprint density at radius 3 is 3.00 bits per heavy atom. The summed E-state index contributed by atoms with van der Waals surface area (Å²) in [4.78, 5) is 16.2. The number of nitrogens with zero attached hydrogens (tertiary/aromatic N) is 2. The van der Waals surface area contributed by atoms with Gasteiger partial charge < -0.3 is 10.4 Å². The van der Waals surface area contributed by atoms with Crippen LogP contribution in [-0.2, 0) is 11.2 Å². The molecule has 0 radical (unpaired) electrons. The fraction of sp³-hybridized carbons (Fsp3) is 0.438. The zero-order chi connectivity index (χ0) is 17.1. The molecule has 3 rings (SSSR count). The molecule has 3 N–H and O–H groups in total. The van der Waals surface area contributed by atoms with Crippen molar-refractivity contribution >= 4 is 17.5 Å². The average molecular weight is 353 g/mol. The Labute approximate surface area is 143 Å². The molecular weight excluding hydrogens is 335 g/mol. The van der Waals surface area contributed by atoms with Crippen molar-refractivity contribution in [1.29, 1.82) is 0 Å². The SMILES string of the molecule is O=C(Cc1ccc(F)cc1Cl)NC[C@H]1CC(c2ncn[nH]2)C[C@H]1O. The quantitative estimate of drug-likeness (QED) is 0.765. The van der Waals surface area contributed by atoms with Gasteiger partial charge in [-0.3, -0.25) is 9.89 Å². The Morgan fingerprint density at radius 2 is 2.29 bits per heavy atom. The second-order valence-corrected chi connectivity index (χ2v) is 6.49. The van der Waals surface area contributed by atoms with E-state index in [0.29, 0.717) is 18.5 Å². The number of aliphatic hydroxyl groups excluding tert-OH is 1. The molecule has 0 aliphatic heterocycles. The molecule has 0 spiro atoms. The van der Waals surface area contributed by atoms with E-state index in [2.05, 4.69) is 20.5 Å². The number of amides is 1. The lowest BCUT2D eigenvalue weighted by molar-refractivity contribution is -0.120. The summed E-state index contributed by atoms with van der Waals surface area (Å²) in [5.41, 5.74) is 0.571. The molecule has 8 heteroatoms. The number of benzene rings is 1. The summed E-state index contributed by atoms with van der Waals surface area (Å²) in [7, 11) is 0. The standard InChI is InChI=1S/C16H18ClFN4O2/c17-13-6-12(18)2-1-9(13)5-15(24)19-7-11-3-10(4-14(11)23)16-20-8-21-22-16/h1-2,6,8,10-11,14,23H,3-5,7H2,(H,19,24)(H,20,21,22)/t10?,11-,14-/m1/s1. The van der Waals surface area contributed by atoms with Crippen LogP contribution in [0.3, 0.4) is 0 Å². The van der Waals surface area contributed by atoms with E-state index in [1.54, 1.807) is 0 Å². The van der Waals surface area contributed by atoms with Crippen LogP contribution < -0.4 is 5.32 Å². The maximum Gasteiger partial charge on any atom is 0.224 e. The van der Waals surface area contributed by atoms with Crippen molar-refractivity contribution in [3.8, 4) is 0 Å². The molecule has 1 aromatic heterocycles. The molecule has 1 aliphatic carbocycles. The van der Waals surface area contributed by atoms with Gasteiger partial charge >= 0.3 is 0 Å². The minimum atomic E-state index is -0.491. The summed E-state index contributed by atoms with van der Waals surface area (Å²) >= 11 is 5.92. The third-order valence-electron chi connectivity index (χ3n) is 4.41. The topological polar surface area (TPSA) is 90.9 Å². The maximum atomic E-state index is 13.0. The summed E-state index contributed by atoms with van der Waals surface area (Å²) < 4.78 is 13.0. The van der Waals surface area contributed by atoms with E-state index in [0.717, 1.165) is 12.2 Å². The molecule has 128 valence electrons. The van der Waals surface area contributed by atoms with Gasteiger partial charge in [0.25, 0.3) is 0 Å². The number of aliphatic hydroxyl groups is 1. The van der Waals surface area contributed by atoms with Crippen molar-refractivity contribution < 1.29 is 14.3 Å². The van der Waals surface area contributed by atoms with Crippen LogP contribution in [0, 0.1) is 11.7 Å². The molecule has 1 saturated carbocycles.